The number of benzene rings is 1. The molecule has 0 unspecified atom stereocenters. The Morgan fingerprint density at radius 2 is 1.85 bits per heavy atom. The van der Waals surface area contributed by atoms with Gasteiger partial charge in [0.15, 0.2) is 0 Å². The number of nitrogens with zero attached hydrogens (tertiary/aromatic N) is 3. The van der Waals surface area contributed by atoms with Gasteiger partial charge >= 0.3 is 12.2 Å². The summed E-state index contributed by atoms with van der Waals surface area (Å²) in [7, 11) is 0. The van der Waals surface area contributed by atoms with Crippen molar-refractivity contribution in [3.63, 3.8) is 0 Å². The molecule has 4 aromatic rings. The van der Waals surface area contributed by atoms with E-state index < -0.39 is 24.4 Å². The fraction of sp³-hybridized carbons (Fsp3) is 0.0909. The second kappa shape index (κ2) is 9.57. The van der Waals surface area contributed by atoms with E-state index >= 15 is 0 Å². The van der Waals surface area contributed by atoms with Gasteiger partial charge in [-0.25, -0.2) is 9.18 Å². The smallest absolute Gasteiger partial charge is 0.393 e. The van der Waals surface area contributed by atoms with Crippen molar-refractivity contribution in [1.29, 1.82) is 0 Å². The van der Waals surface area contributed by atoms with Gasteiger partial charge in [0.2, 0.25) is 0 Å². The van der Waals surface area contributed by atoms with Gasteiger partial charge in [-0.3, -0.25) is 9.97 Å². The van der Waals surface area contributed by atoms with Crippen LogP contribution in [0.15, 0.2) is 72.0 Å². The number of aromatic nitrogens is 3. The largest absolute Gasteiger partial charge is 0.457 e. The number of carbonyl (C=O) groups is 1. The third-order valence-electron chi connectivity index (χ3n) is 4.34. The van der Waals surface area contributed by atoms with Gasteiger partial charge in [0, 0.05) is 24.5 Å². The lowest BCUT2D eigenvalue weighted by atomic mass is 10.2. The van der Waals surface area contributed by atoms with Crippen molar-refractivity contribution in [3.8, 4) is 22.8 Å². The van der Waals surface area contributed by atoms with Gasteiger partial charge in [0.1, 0.15) is 23.6 Å². The van der Waals surface area contributed by atoms with E-state index in [9.17, 15) is 22.4 Å². The number of nitrogens with one attached hydrogen (secondary N) is 2. The van der Waals surface area contributed by atoms with Crippen molar-refractivity contribution in [2.45, 2.75) is 12.6 Å². The van der Waals surface area contributed by atoms with Crippen LogP contribution in [0.25, 0.3) is 11.3 Å². The lowest BCUT2D eigenvalue weighted by molar-refractivity contribution is -0.127. The number of hydrogen-bond acceptors (Lipinski definition) is 6. The van der Waals surface area contributed by atoms with Crippen LogP contribution in [0.3, 0.4) is 0 Å². The van der Waals surface area contributed by atoms with Crippen molar-refractivity contribution in [3.05, 3.63) is 78.8 Å². The topological polar surface area (TPSA) is 102 Å². The summed E-state index contributed by atoms with van der Waals surface area (Å²) in [6, 6.07) is 7.26. The highest BCUT2D eigenvalue weighted by molar-refractivity contribution is 5.99. The van der Waals surface area contributed by atoms with E-state index in [1.54, 1.807) is 12.1 Å². The van der Waals surface area contributed by atoms with Crippen molar-refractivity contribution in [2.24, 2.45) is 0 Å². The lowest BCUT2D eigenvalue weighted by Crippen LogP contribution is -2.20. The molecule has 0 atom stereocenters. The first-order chi connectivity index (χ1) is 16.2. The van der Waals surface area contributed by atoms with Crippen molar-refractivity contribution in [1.82, 2.24) is 15.1 Å². The molecule has 0 saturated carbocycles. The molecule has 4 rings (SSSR count). The number of alkyl halides is 3. The second-order valence-electron chi connectivity index (χ2n) is 6.99. The maximum atomic E-state index is 14.5. The number of carbonyl (C=O) groups excluding carboxylic acids is 1. The highest BCUT2D eigenvalue weighted by atomic mass is 19.4. The molecule has 0 aliphatic rings. The fourth-order valence-corrected chi connectivity index (χ4v) is 2.93. The van der Waals surface area contributed by atoms with Gasteiger partial charge in [-0.15, -0.1) is 0 Å². The first-order valence-corrected chi connectivity index (χ1v) is 9.67. The molecular weight excluding hydrogens is 458 g/mol. The van der Waals surface area contributed by atoms with E-state index in [2.05, 4.69) is 25.8 Å². The van der Waals surface area contributed by atoms with Crippen LogP contribution >= 0.6 is 0 Å². The zero-order valence-corrected chi connectivity index (χ0v) is 17.1. The van der Waals surface area contributed by atoms with Crippen LogP contribution in [0.5, 0.6) is 11.5 Å². The van der Waals surface area contributed by atoms with Crippen LogP contribution in [0, 0.1) is 5.82 Å². The summed E-state index contributed by atoms with van der Waals surface area (Å²) < 4.78 is 62.5. The molecule has 0 aliphatic heterocycles. The van der Waals surface area contributed by atoms with Gasteiger partial charge < -0.3 is 19.9 Å². The molecule has 0 bridgehead atoms. The Labute approximate surface area is 189 Å². The quantitative estimate of drug-likeness (QED) is 0.343. The highest BCUT2D eigenvalue weighted by Crippen LogP contribution is 2.28. The highest BCUT2D eigenvalue weighted by Gasteiger charge is 2.27. The van der Waals surface area contributed by atoms with Crippen LogP contribution in [0.2, 0.25) is 0 Å². The molecule has 0 spiro atoms. The molecule has 3 heterocycles. The Morgan fingerprint density at radius 1 is 1.03 bits per heavy atom. The third-order valence-corrected chi connectivity index (χ3v) is 4.34. The first kappa shape index (κ1) is 22.7. The average Bonchev–Trinajstić information content (AvgIpc) is 3.30. The van der Waals surface area contributed by atoms with Crippen LogP contribution in [-0.4, -0.2) is 27.3 Å². The van der Waals surface area contributed by atoms with E-state index in [0.717, 1.165) is 18.3 Å². The summed E-state index contributed by atoms with van der Waals surface area (Å²) in [5.74, 6) is -0.241. The predicted octanol–water partition coefficient (Wildman–Crippen LogP) is 5.81. The summed E-state index contributed by atoms with van der Waals surface area (Å²) in [5.41, 5.74) is 0.927. The van der Waals surface area contributed by atoms with Gasteiger partial charge in [-0.05, 0) is 29.8 Å². The zero-order valence-electron chi connectivity index (χ0n) is 17.1. The number of halogens is 4. The molecule has 1 aromatic carbocycles. The summed E-state index contributed by atoms with van der Waals surface area (Å²) >= 11 is 0. The van der Waals surface area contributed by atoms with Crippen molar-refractivity contribution >= 4 is 17.4 Å². The Kier molecular flexibility index (Phi) is 6.39. The van der Waals surface area contributed by atoms with E-state index in [-0.39, 0.29) is 22.7 Å². The number of anilines is 2. The normalized spacial score (nSPS) is 11.2. The minimum Gasteiger partial charge on any atom is -0.457 e. The molecule has 0 radical (unpaired) electrons. The number of urea groups is 1. The molecule has 34 heavy (non-hydrogen) atoms. The van der Waals surface area contributed by atoms with Crippen molar-refractivity contribution < 1.29 is 31.6 Å². The van der Waals surface area contributed by atoms with E-state index in [1.165, 1.54) is 37.0 Å². The summed E-state index contributed by atoms with van der Waals surface area (Å²) in [6.45, 7) is 0. The molecule has 0 saturated heterocycles. The average molecular weight is 473 g/mol. The Balaban J connectivity index is 1.39. The van der Waals surface area contributed by atoms with Crippen LogP contribution in [-0.2, 0) is 6.42 Å². The summed E-state index contributed by atoms with van der Waals surface area (Å²) in [5, 5.41) is 8.22. The Hall–Kier alpha value is -4.48. The Morgan fingerprint density at radius 3 is 2.59 bits per heavy atom. The molecule has 0 fully saturated rings. The lowest BCUT2D eigenvalue weighted by Gasteiger charge is -2.11. The first-order valence-electron chi connectivity index (χ1n) is 9.67. The molecule has 12 heteroatoms. The zero-order chi connectivity index (χ0) is 24.1. The molecule has 0 aliphatic carbocycles. The van der Waals surface area contributed by atoms with E-state index in [0.29, 0.717) is 17.0 Å². The van der Waals surface area contributed by atoms with E-state index in [1.807, 2.05) is 0 Å². The fourth-order valence-electron chi connectivity index (χ4n) is 2.93. The third kappa shape index (κ3) is 6.06. The van der Waals surface area contributed by atoms with Crippen LogP contribution < -0.4 is 15.4 Å². The maximum Gasteiger partial charge on any atom is 0.393 e. The molecule has 2 N–H and O–H groups in total. The van der Waals surface area contributed by atoms with Crippen molar-refractivity contribution in [2.75, 3.05) is 10.6 Å². The van der Waals surface area contributed by atoms with Gasteiger partial charge in [0.25, 0.3) is 0 Å². The van der Waals surface area contributed by atoms with Gasteiger partial charge in [0.05, 0.1) is 41.4 Å². The minimum atomic E-state index is -4.41. The van der Waals surface area contributed by atoms with Gasteiger partial charge in [-0.2, -0.15) is 13.2 Å². The van der Waals surface area contributed by atoms with Gasteiger partial charge in [-0.1, -0.05) is 5.16 Å². The monoisotopic (exact) mass is 473 g/mol. The SMILES string of the molecule is O=C(Nc1cncc(CC(F)(F)F)c1)Nc1ccc(Oc2ccnc(-c3cnoc3)c2)cc1F. The number of pyridine rings is 2. The summed E-state index contributed by atoms with van der Waals surface area (Å²) in [6.07, 6.45) is 1.03. The number of hydrogen-bond donors (Lipinski definition) is 2. The number of ether oxygens (including phenoxy) is 1. The molecule has 8 nitrogen and oxygen atoms in total. The maximum absolute atomic E-state index is 14.5. The molecule has 3 aromatic heterocycles. The number of amides is 2. The predicted molar refractivity (Wildman–Crippen MR) is 113 cm³/mol. The molecular formula is C22H15F4N5O3. The van der Waals surface area contributed by atoms with Crippen LogP contribution in [0.4, 0.5) is 33.7 Å². The minimum absolute atomic E-state index is 0.0286. The second-order valence-corrected chi connectivity index (χ2v) is 6.99. The van der Waals surface area contributed by atoms with Crippen LogP contribution in [0.1, 0.15) is 5.56 Å². The molecule has 174 valence electrons. The summed E-state index contributed by atoms with van der Waals surface area (Å²) in [4.78, 5) is 20.0. The molecule has 2 amide bonds. The Bertz CT molecular complexity index is 1300. The number of rotatable bonds is 6. The van der Waals surface area contributed by atoms with E-state index in [4.69, 9.17) is 9.26 Å². The standard InChI is InChI=1S/C22H15F4N5O3/c23-18-6-16(34-17-3-4-28-20(7-17)14-10-29-33-12-14)1-2-19(18)31-21(32)30-15-5-13(9-27-11-15)8-22(24,25)26/h1-7,9-12H,8H2,(H2,30,31,32).